The molecule has 29 heavy (non-hydrogen) atoms. The molecule has 1 heterocycles. The maximum absolute atomic E-state index is 12.4. The summed E-state index contributed by atoms with van der Waals surface area (Å²) >= 11 is 0. The van der Waals surface area contributed by atoms with Gasteiger partial charge in [-0.2, -0.15) is 4.31 Å². The van der Waals surface area contributed by atoms with Crippen LogP contribution in [0.5, 0.6) is 5.75 Å². The van der Waals surface area contributed by atoms with Gasteiger partial charge < -0.3 is 9.42 Å². The molecule has 0 aromatic heterocycles. The zero-order valence-electron chi connectivity index (χ0n) is 16.5. The van der Waals surface area contributed by atoms with E-state index in [0.29, 0.717) is 28.1 Å². The summed E-state index contributed by atoms with van der Waals surface area (Å²) in [6.07, 6.45) is 1.75. The van der Waals surface area contributed by atoms with Crippen molar-refractivity contribution in [2.75, 3.05) is 7.11 Å². The molecule has 9 nitrogen and oxygen atoms in total. The zero-order chi connectivity index (χ0) is 21.8. The summed E-state index contributed by atoms with van der Waals surface area (Å²) in [5.74, 6) is -0.126. The van der Waals surface area contributed by atoms with Crippen LogP contribution in [0.2, 0.25) is 0 Å². The molecule has 0 bridgehead atoms. The Morgan fingerprint density at radius 2 is 1.76 bits per heavy atom. The number of aliphatic imine (C=N–C) groups is 1. The number of ketones is 1. The molecule has 2 atom stereocenters. The number of allylic oxidation sites excluding steroid dienone is 4. The third-order valence-corrected chi connectivity index (χ3v) is 7.40. The van der Waals surface area contributed by atoms with Gasteiger partial charge in [-0.15, -0.1) is 0 Å². The molecule has 0 saturated carbocycles. The highest BCUT2D eigenvalue weighted by Gasteiger charge is 2.40. The second-order valence-corrected chi connectivity index (χ2v) is 10.3. The van der Waals surface area contributed by atoms with E-state index in [1.807, 2.05) is 13.8 Å². The lowest BCUT2D eigenvalue weighted by molar-refractivity contribution is -0.112. The van der Waals surface area contributed by atoms with E-state index in [0.717, 1.165) is 12.7 Å². The Labute approximate surface area is 168 Å². The van der Waals surface area contributed by atoms with E-state index in [-0.39, 0.29) is 11.5 Å². The number of nitrogens with zero attached hydrogens (tertiary/aromatic N) is 1. The highest BCUT2D eigenvalue weighted by Crippen LogP contribution is 2.60. The molecule has 0 fully saturated rings. The molecule has 2 N–H and O–H groups in total. The molecule has 156 valence electrons. The maximum Gasteiger partial charge on any atom is 0.536 e. The van der Waals surface area contributed by atoms with Crippen molar-refractivity contribution in [3.05, 3.63) is 46.6 Å². The molecule has 0 spiro atoms. The predicted octanol–water partition coefficient (Wildman–Crippen LogP) is 4.14. The van der Waals surface area contributed by atoms with Gasteiger partial charge in [0.25, 0.3) is 0 Å². The lowest BCUT2D eigenvalue weighted by atomic mass is 9.69. The predicted molar refractivity (Wildman–Crippen MR) is 106 cm³/mol. The summed E-state index contributed by atoms with van der Waals surface area (Å²) < 4.78 is 36.7. The number of benzene rings is 1. The number of hydrogen-bond acceptors (Lipinski definition) is 7. The topological polar surface area (TPSA) is 132 Å². The van der Waals surface area contributed by atoms with Crippen LogP contribution in [0.25, 0.3) is 0 Å². The van der Waals surface area contributed by atoms with E-state index in [1.165, 1.54) is 12.1 Å². The van der Waals surface area contributed by atoms with Crippen molar-refractivity contribution in [1.29, 1.82) is 0 Å². The van der Waals surface area contributed by atoms with Crippen molar-refractivity contribution in [3.63, 3.8) is 0 Å². The van der Waals surface area contributed by atoms with E-state index in [1.54, 1.807) is 26.0 Å². The van der Waals surface area contributed by atoms with Crippen LogP contribution in [-0.2, 0) is 28.2 Å². The van der Waals surface area contributed by atoms with Crippen LogP contribution in [0.1, 0.15) is 33.3 Å². The van der Waals surface area contributed by atoms with Gasteiger partial charge in [-0.3, -0.25) is 14.2 Å². The first-order valence-electron chi connectivity index (χ1n) is 8.57. The number of carbonyl (C=O) groups excluding carboxylic acids is 1. The number of carbonyl (C=O) groups is 1. The third-order valence-electron chi connectivity index (χ3n) is 4.85. The van der Waals surface area contributed by atoms with Crippen LogP contribution in [0, 0.1) is 0 Å². The standard InChI is InChI=1S/C18H21NO8P2/c1-10-8-15-16(11(2)17(10)20)18(3,4)13-9-12(6-7-14(13)19-15)26-29(23,24)27-28(21,22)25-5/h6-9H,1-5H3,(H,21,22)(H,23,24). The van der Waals surface area contributed by atoms with E-state index in [4.69, 9.17) is 4.52 Å². The van der Waals surface area contributed by atoms with Gasteiger partial charge >= 0.3 is 15.6 Å². The molecule has 2 aliphatic rings. The average Bonchev–Trinajstić information content (AvgIpc) is 2.58. The molecule has 1 aromatic carbocycles. The normalized spacial score (nSPS) is 22.0. The van der Waals surface area contributed by atoms with Crippen molar-refractivity contribution >= 4 is 32.8 Å². The Kier molecular flexibility index (Phi) is 5.37. The molecule has 0 radical (unpaired) electrons. The Morgan fingerprint density at radius 1 is 1.10 bits per heavy atom. The Balaban J connectivity index is 2.04. The highest BCUT2D eigenvalue weighted by molar-refractivity contribution is 7.61. The minimum atomic E-state index is -4.94. The van der Waals surface area contributed by atoms with Crippen LogP contribution in [-0.4, -0.2) is 28.4 Å². The SMILES string of the molecule is COP(=O)(O)OP(=O)(O)Oc1ccc2c(c1)C(C)(C)C1=C(C)C(=O)C(C)=CC1=N2. The fourth-order valence-electron chi connectivity index (χ4n) is 3.57. The first kappa shape index (κ1) is 21.8. The second-order valence-electron chi connectivity index (χ2n) is 7.25. The molecule has 1 aromatic rings. The largest absolute Gasteiger partial charge is 0.536 e. The summed E-state index contributed by atoms with van der Waals surface area (Å²) in [6, 6.07) is 4.49. The molecule has 1 aliphatic carbocycles. The summed E-state index contributed by atoms with van der Waals surface area (Å²) in [7, 11) is -8.81. The molecular weight excluding hydrogens is 420 g/mol. The van der Waals surface area contributed by atoms with Gasteiger partial charge in [-0.1, -0.05) is 13.8 Å². The first-order chi connectivity index (χ1) is 13.3. The summed E-state index contributed by atoms with van der Waals surface area (Å²) in [5.41, 5.74) is 3.28. The molecule has 3 rings (SSSR count). The van der Waals surface area contributed by atoms with Crippen molar-refractivity contribution in [2.24, 2.45) is 4.99 Å². The van der Waals surface area contributed by atoms with Crippen molar-refractivity contribution in [2.45, 2.75) is 33.1 Å². The number of fused-ring (bicyclic) bond motifs is 2. The zero-order valence-corrected chi connectivity index (χ0v) is 18.3. The van der Waals surface area contributed by atoms with Crippen LogP contribution >= 0.6 is 15.6 Å². The quantitative estimate of drug-likeness (QED) is 0.515. The number of Topliss-reactive ketones (excluding diaryl/α,β-unsaturated/α-hetero) is 1. The first-order valence-corrected chi connectivity index (χ1v) is 11.6. The lowest BCUT2D eigenvalue weighted by Crippen LogP contribution is -2.33. The minimum Gasteiger partial charge on any atom is -0.404 e. The van der Waals surface area contributed by atoms with Crippen LogP contribution < -0.4 is 4.52 Å². The third kappa shape index (κ3) is 4.08. The number of rotatable bonds is 5. The van der Waals surface area contributed by atoms with Gasteiger partial charge in [-0.25, -0.2) is 14.1 Å². The Hall–Kier alpha value is -1.86. The van der Waals surface area contributed by atoms with Crippen LogP contribution in [0.15, 0.2) is 46.0 Å². The minimum absolute atomic E-state index is 0.0607. The summed E-state index contributed by atoms with van der Waals surface area (Å²) in [4.78, 5) is 36.1. The monoisotopic (exact) mass is 441 g/mol. The van der Waals surface area contributed by atoms with Gasteiger partial charge in [0.05, 0.1) is 11.4 Å². The molecular formula is C18H21NO8P2. The van der Waals surface area contributed by atoms with Gasteiger partial charge in [0.15, 0.2) is 5.78 Å². The van der Waals surface area contributed by atoms with Gasteiger partial charge in [0, 0.05) is 18.1 Å². The molecule has 0 saturated heterocycles. The van der Waals surface area contributed by atoms with Crippen molar-refractivity contribution < 1.29 is 37.1 Å². The highest BCUT2D eigenvalue weighted by atomic mass is 31.3. The molecule has 1 aliphatic heterocycles. The fourth-order valence-corrected chi connectivity index (χ4v) is 5.39. The second kappa shape index (κ2) is 7.13. The number of phosphoric acid groups is 2. The number of hydrogen-bond donors (Lipinski definition) is 2. The van der Waals surface area contributed by atoms with E-state index in [9.17, 15) is 23.7 Å². The van der Waals surface area contributed by atoms with Crippen LogP contribution in [0.3, 0.4) is 0 Å². The van der Waals surface area contributed by atoms with Gasteiger partial charge in [-0.05, 0) is 54.8 Å². The maximum atomic E-state index is 12.4. The molecule has 11 heteroatoms. The average molecular weight is 441 g/mol. The fraction of sp³-hybridized carbons (Fsp3) is 0.333. The van der Waals surface area contributed by atoms with E-state index in [2.05, 4.69) is 13.8 Å². The number of phosphoric ester groups is 2. The van der Waals surface area contributed by atoms with E-state index >= 15 is 0 Å². The Morgan fingerprint density at radius 3 is 2.38 bits per heavy atom. The van der Waals surface area contributed by atoms with Gasteiger partial charge in [0.2, 0.25) is 0 Å². The summed E-state index contributed by atoms with van der Waals surface area (Å²) in [6.45, 7) is 7.30. The Bertz CT molecular complexity index is 1100. The lowest BCUT2D eigenvalue weighted by Gasteiger charge is -2.37. The van der Waals surface area contributed by atoms with Gasteiger partial charge in [0.1, 0.15) is 5.75 Å². The smallest absolute Gasteiger partial charge is 0.404 e. The molecule has 2 unspecified atom stereocenters. The molecule has 0 amide bonds. The van der Waals surface area contributed by atoms with E-state index < -0.39 is 21.1 Å². The van der Waals surface area contributed by atoms with Crippen molar-refractivity contribution in [1.82, 2.24) is 0 Å². The van der Waals surface area contributed by atoms with Crippen LogP contribution in [0.4, 0.5) is 5.69 Å². The van der Waals surface area contributed by atoms with Crippen molar-refractivity contribution in [3.8, 4) is 5.75 Å². The summed E-state index contributed by atoms with van der Waals surface area (Å²) in [5, 5.41) is 0.